The fourth-order valence-corrected chi connectivity index (χ4v) is 2.69. The van der Waals surface area contributed by atoms with Crippen LogP contribution >= 0.6 is 0 Å². The van der Waals surface area contributed by atoms with E-state index in [1.54, 1.807) is 12.1 Å². The van der Waals surface area contributed by atoms with Crippen molar-refractivity contribution in [3.05, 3.63) is 65.2 Å². The number of carbonyl (C=O) groups is 2. The number of rotatable bonds is 6. The van der Waals surface area contributed by atoms with Crippen LogP contribution < -0.4 is 10.1 Å². The van der Waals surface area contributed by atoms with Crippen LogP contribution in [0.25, 0.3) is 0 Å². The number of ether oxygens (including phenoxy) is 1. The van der Waals surface area contributed by atoms with E-state index in [9.17, 15) is 9.59 Å². The molecule has 0 bridgehead atoms. The molecule has 5 heteroatoms. The van der Waals surface area contributed by atoms with Gasteiger partial charge in [-0.15, -0.1) is 0 Å². The van der Waals surface area contributed by atoms with Gasteiger partial charge < -0.3 is 15.2 Å². The first-order valence-electron chi connectivity index (χ1n) is 8.53. The van der Waals surface area contributed by atoms with Gasteiger partial charge in [0.2, 0.25) is 0 Å². The molecule has 0 aliphatic heterocycles. The maximum atomic E-state index is 12.7. The predicted octanol–water partition coefficient (Wildman–Crippen LogP) is 3.94. The lowest BCUT2D eigenvalue weighted by Gasteiger charge is -2.23. The van der Waals surface area contributed by atoms with Gasteiger partial charge in [0.25, 0.3) is 5.91 Å². The summed E-state index contributed by atoms with van der Waals surface area (Å²) in [6, 6.07) is 14.5. The third-order valence-electron chi connectivity index (χ3n) is 4.07. The molecular weight excluding hydrogens is 330 g/mol. The second-order valence-electron chi connectivity index (χ2n) is 7.24. The van der Waals surface area contributed by atoms with Crippen molar-refractivity contribution in [2.75, 3.05) is 6.61 Å². The Hall–Kier alpha value is -2.82. The first-order valence-corrected chi connectivity index (χ1v) is 8.53. The van der Waals surface area contributed by atoms with E-state index < -0.39 is 5.97 Å². The van der Waals surface area contributed by atoms with E-state index in [1.807, 2.05) is 43.3 Å². The van der Waals surface area contributed by atoms with E-state index in [1.165, 1.54) is 0 Å². The summed E-state index contributed by atoms with van der Waals surface area (Å²) in [6.07, 6.45) is 0. The molecule has 5 nitrogen and oxygen atoms in total. The van der Waals surface area contributed by atoms with Crippen LogP contribution in [0.5, 0.6) is 5.75 Å². The molecular formula is C21H25NO4. The number of amides is 1. The van der Waals surface area contributed by atoms with Gasteiger partial charge in [-0.2, -0.15) is 0 Å². The minimum Gasteiger partial charge on any atom is -0.482 e. The summed E-state index contributed by atoms with van der Waals surface area (Å²) in [5.41, 5.74) is 2.46. The number of hydrogen-bond donors (Lipinski definition) is 2. The number of aliphatic carboxylic acids is 1. The minimum atomic E-state index is -1.02. The van der Waals surface area contributed by atoms with Crippen LogP contribution in [0.1, 0.15) is 55.2 Å². The van der Waals surface area contributed by atoms with Crippen molar-refractivity contribution in [3.8, 4) is 5.75 Å². The normalized spacial score (nSPS) is 12.3. The molecule has 2 aromatic rings. The van der Waals surface area contributed by atoms with E-state index in [2.05, 4.69) is 26.1 Å². The van der Waals surface area contributed by atoms with Crippen molar-refractivity contribution in [1.82, 2.24) is 5.32 Å². The summed E-state index contributed by atoms with van der Waals surface area (Å²) in [5, 5.41) is 11.7. The van der Waals surface area contributed by atoms with E-state index in [-0.39, 0.29) is 24.0 Å². The van der Waals surface area contributed by atoms with Crippen LogP contribution in [0.15, 0.2) is 48.5 Å². The lowest BCUT2D eigenvalue weighted by molar-refractivity contribution is -0.139. The second-order valence-corrected chi connectivity index (χ2v) is 7.24. The maximum Gasteiger partial charge on any atom is 0.341 e. The van der Waals surface area contributed by atoms with E-state index in [4.69, 9.17) is 9.84 Å². The molecule has 0 fully saturated rings. The Morgan fingerprint density at radius 3 is 2.27 bits per heavy atom. The summed E-state index contributed by atoms with van der Waals surface area (Å²) in [6.45, 7) is 7.77. The molecule has 2 rings (SSSR count). The third kappa shape index (κ3) is 5.09. The Morgan fingerprint density at radius 2 is 1.69 bits per heavy atom. The van der Waals surface area contributed by atoms with Gasteiger partial charge in [-0.1, -0.05) is 51.1 Å². The van der Waals surface area contributed by atoms with Gasteiger partial charge in [-0.3, -0.25) is 4.79 Å². The highest BCUT2D eigenvalue weighted by Crippen LogP contribution is 2.26. The molecule has 1 amide bonds. The van der Waals surface area contributed by atoms with Crippen LogP contribution in [0.3, 0.4) is 0 Å². The summed E-state index contributed by atoms with van der Waals surface area (Å²) in [5.74, 6) is -0.658. The standard InChI is InChI=1S/C21H25NO4/c1-14(15-9-11-16(12-10-15)26-13-19(23)24)22-20(25)17-7-5-6-8-18(17)21(2,3)4/h5-12,14H,13H2,1-4H3,(H,22,25)(H,23,24). The number of carboxylic acids is 1. The summed E-state index contributed by atoms with van der Waals surface area (Å²) < 4.78 is 5.12. The average molecular weight is 355 g/mol. The molecule has 0 heterocycles. The fraction of sp³-hybridized carbons (Fsp3) is 0.333. The largest absolute Gasteiger partial charge is 0.482 e. The van der Waals surface area contributed by atoms with Gasteiger partial charge in [0.05, 0.1) is 6.04 Å². The molecule has 0 radical (unpaired) electrons. The summed E-state index contributed by atoms with van der Waals surface area (Å²) in [7, 11) is 0. The van der Waals surface area contributed by atoms with Crippen LogP contribution in [0.4, 0.5) is 0 Å². The predicted molar refractivity (Wildman–Crippen MR) is 101 cm³/mol. The van der Waals surface area contributed by atoms with Gasteiger partial charge in [-0.25, -0.2) is 4.79 Å². The second kappa shape index (κ2) is 8.04. The number of hydrogen-bond acceptors (Lipinski definition) is 3. The van der Waals surface area contributed by atoms with Crippen LogP contribution in [-0.2, 0) is 10.2 Å². The van der Waals surface area contributed by atoms with Crippen LogP contribution in [0.2, 0.25) is 0 Å². The van der Waals surface area contributed by atoms with Crippen LogP contribution in [0, 0.1) is 0 Å². The smallest absolute Gasteiger partial charge is 0.341 e. The van der Waals surface area contributed by atoms with Crippen molar-refractivity contribution < 1.29 is 19.4 Å². The Morgan fingerprint density at radius 1 is 1.08 bits per heavy atom. The van der Waals surface area contributed by atoms with Gasteiger partial charge in [-0.05, 0) is 41.7 Å². The molecule has 0 aliphatic rings. The minimum absolute atomic E-state index is 0.116. The monoisotopic (exact) mass is 355 g/mol. The van der Waals surface area contributed by atoms with Gasteiger partial charge in [0.1, 0.15) is 5.75 Å². The van der Waals surface area contributed by atoms with Crippen molar-refractivity contribution in [2.24, 2.45) is 0 Å². The first-order chi connectivity index (χ1) is 12.2. The number of carbonyl (C=O) groups excluding carboxylic acids is 1. The number of nitrogens with one attached hydrogen (secondary N) is 1. The molecule has 0 spiro atoms. The summed E-state index contributed by atoms with van der Waals surface area (Å²) in [4.78, 5) is 23.3. The molecule has 0 saturated carbocycles. The molecule has 0 saturated heterocycles. The topological polar surface area (TPSA) is 75.6 Å². The summed E-state index contributed by atoms with van der Waals surface area (Å²) >= 11 is 0. The van der Waals surface area contributed by atoms with Crippen molar-refractivity contribution in [1.29, 1.82) is 0 Å². The molecule has 1 unspecified atom stereocenters. The maximum absolute atomic E-state index is 12.7. The molecule has 1 atom stereocenters. The molecule has 2 N–H and O–H groups in total. The highest BCUT2D eigenvalue weighted by atomic mass is 16.5. The molecule has 26 heavy (non-hydrogen) atoms. The number of benzene rings is 2. The van der Waals surface area contributed by atoms with Crippen molar-refractivity contribution in [3.63, 3.8) is 0 Å². The Bertz CT molecular complexity index is 775. The molecule has 138 valence electrons. The quantitative estimate of drug-likeness (QED) is 0.823. The van der Waals surface area contributed by atoms with Gasteiger partial charge in [0, 0.05) is 5.56 Å². The van der Waals surface area contributed by atoms with E-state index >= 15 is 0 Å². The average Bonchev–Trinajstić information content (AvgIpc) is 2.59. The molecule has 0 aromatic heterocycles. The highest BCUT2D eigenvalue weighted by molar-refractivity contribution is 5.96. The van der Waals surface area contributed by atoms with Gasteiger partial charge >= 0.3 is 5.97 Å². The molecule has 0 aliphatic carbocycles. The Labute approximate surface area is 154 Å². The Balaban J connectivity index is 2.09. The zero-order valence-corrected chi connectivity index (χ0v) is 15.6. The zero-order valence-electron chi connectivity index (χ0n) is 15.6. The third-order valence-corrected chi connectivity index (χ3v) is 4.07. The van der Waals surface area contributed by atoms with Crippen molar-refractivity contribution in [2.45, 2.75) is 39.2 Å². The SMILES string of the molecule is CC(NC(=O)c1ccccc1C(C)(C)C)c1ccc(OCC(=O)O)cc1. The zero-order chi connectivity index (χ0) is 19.3. The lowest BCUT2D eigenvalue weighted by atomic mass is 9.83. The molecule has 2 aromatic carbocycles. The van der Waals surface area contributed by atoms with Crippen LogP contribution in [-0.4, -0.2) is 23.6 Å². The van der Waals surface area contributed by atoms with Gasteiger partial charge in [0.15, 0.2) is 6.61 Å². The van der Waals surface area contributed by atoms with E-state index in [0.29, 0.717) is 11.3 Å². The fourth-order valence-electron chi connectivity index (χ4n) is 2.69. The Kier molecular flexibility index (Phi) is 6.03. The highest BCUT2D eigenvalue weighted by Gasteiger charge is 2.22. The van der Waals surface area contributed by atoms with Crippen molar-refractivity contribution >= 4 is 11.9 Å². The lowest BCUT2D eigenvalue weighted by Crippen LogP contribution is -2.29. The first kappa shape index (κ1) is 19.5. The van der Waals surface area contributed by atoms with E-state index in [0.717, 1.165) is 11.1 Å². The number of carboxylic acid groups (broad SMARTS) is 1.